The second-order valence-electron chi connectivity index (χ2n) is 5.63. The minimum atomic E-state index is -0.0443. The van der Waals surface area contributed by atoms with E-state index in [1.165, 1.54) is 0 Å². The van der Waals surface area contributed by atoms with Gasteiger partial charge in [0.1, 0.15) is 5.82 Å². The van der Waals surface area contributed by atoms with Crippen LogP contribution < -0.4 is 5.32 Å². The number of nitrogens with one attached hydrogen (secondary N) is 1. The Labute approximate surface area is 139 Å². The molecule has 0 saturated heterocycles. The van der Waals surface area contributed by atoms with Crippen LogP contribution in [0.2, 0.25) is 0 Å². The maximum absolute atomic E-state index is 12.1. The Morgan fingerprint density at radius 3 is 2.92 bits per heavy atom. The van der Waals surface area contributed by atoms with Gasteiger partial charge in [-0.15, -0.1) is 0 Å². The predicted octanol–water partition coefficient (Wildman–Crippen LogP) is 2.70. The van der Waals surface area contributed by atoms with Gasteiger partial charge in [-0.2, -0.15) is 5.26 Å². The average Bonchev–Trinajstić information content (AvgIpc) is 3.11. The molecule has 2 aromatic carbocycles. The largest absolute Gasteiger partial charge is 0.352 e. The average molecular weight is 314 g/mol. The highest BCUT2D eigenvalue weighted by molar-refractivity contribution is 5.97. The molecule has 0 unspecified atom stereocenters. The zero-order chi connectivity index (χ0) is 16.5. The quantitative estimate of drug-likeness (QED) is 0.790. The van der Waals surface area contributed by atoms with Gasteiger partial charge >= 0.3 is 0 Å². The number of amides is 1. The summed E-state index contributed by atoms with van der Waals surface area (Å²) in [5, 5.41) is 12.2. The summed E-state index contributed by atoms with van der Waals surface area (Å²) in [4.78, 5) is 16.5. The Morgan fingerprint density at radius 2 is 2.04 bits per heavy atom. The van der Waals surface area contributed by atoms with Crippen molar-refractivity contribution in [1.82, 2.24) is 14.9 Å². The van der Waals surface area contributed by atoms with E-state index in [0.717, 1.165) is 23.2 Å². The smallest absolute Gasteiger partial charge is 0.251 e. The van der Waals surface area contributed by atoms with E-state index in [2.05, 4.69) is 16.4 Å². The zero-order valence-corrected chi connectivity index (χ0v) is 12.9. The first kappa shape index (κ1) is 14.2. The van der Waals surface area contributed by atoms with Crippen LogP contribution in [0.5, 0.6) is 0 Å². The van der Waals surface area contributed by atoms with Crippen molar-refractivity contribution >= 4 is 5.91 Å². The first-order valence-corrected chi connectivity index (χ1v) is 7.72. The van der Waals surface area contributed by atoms with Crippen LogP contribution in [0.15, 0.2) is 54.9 Å². The van der Waals surface area contributed by atoms with Crippen molar-refractivity contribution in [3.05, 3.63) is 71.5 Å². The van der Waals surface area contributed by atoms with Crippen LogP contribution >= 0.6 is 0 Å². The van der Waals surface area contributed by atoms with Crippen molar-refractivity contribution in [2.75, 3.05) is 6.54 Å². The number of nitrogens with zero attached hydrogens (tertiary/aromatic N) is 3. The van der Waals surface area contributed by atoms with Crippen molar-refractivity contribution in [2.24, 2.45) is 0 Å². The minimum absolute atomic E-state index is 0.0443. The summed E-state index contributed by atoms with van der Waals surface area (Å²) >= 11 is 0. The molecule has 1 N–H and O–H groups in total. The Hall–Kier alpha value is -3.39. The van der Waals surface area contributed by atoms with E-state index < -0.39 is 0 Å². The fourth-order valence-electron chi connectivity index (χ4n) is 3.04. The number of hydrogen-bond acceptors (Lipinski definition) is 3. The zero-order valence-electron chi connectivity index (χ0n) is 12.9. The highest BCUT2D eigenvalue weighted by Gasteiger charge is 2.18. The molecule has 1 aliphatic heterocycles. The number of imidazole rings is 1. The molecule has 0 spiro atoms. The topological polar surface area (TPSA) is 70.7 Å². The third-order valence-electron chi connectivity index (χ3n) is 4.23. The molecule has 2 heterocycles. The molecule has 0 bridgehead atoms. The lowest BCUT2D eigenvalue weighted by Crippen LogP contribution is -2.31. The standard InChI is InChI=1S/C19H14N4O/c20-12-14-3-1-2-4-16(14)18-21-9-10-23(18)15-6-5-13-7-8-22-19(24)17(13)11-15/h1-6,9-11H,7-8H2,(H,22,24). The van der Waals surface area contributed by atoms with Crippen LogP contribution in [0, 0.1) is 11.3 Å². The van der Waals surface area contributed by atoms with Crippen LogP contribution in [0.3, 0.4) is 0 Å². The SMILES string of the molecule is N#Cc1ccccc1-c1nccn1-c1ccc2c(c1)C(=O)NCC2. The van der Waals surface area contributed by atoms with E-state index in [9.17, 15) is 10.1 Å². The van der Waals surface area contributed by atoms with Gasteiger partial charge in [-0.05, 0) is 36.2 Å². The van der Waals surface area contributed by atoms with Gasteiger partial charge in [0.25, 0.3) is 5.91 Å². The lowest BCUT2D eigenvalue weighted by molar-refractivity contribution is 0.0946. The molecular weight excluding hydrogens is 300 g/mol. The van der Waals surface area contributed by atoms with Gasteiger partial charge in [0.2, 0.25) is 0 Å². The Balaban J connectivity index is 1.86. The third kappa shape index (κ3) is 2.25. The number of benzene rings is 2. The Morgan fingerprint density at radius 1 is 1.17 bits per heavy atom. The molecule has 0 fully saturated rings. The van der Waals surface area contributed by atoms with Crippen molar-refractivity contribution in [1.29, 1.82) is 5.26 Å². The second-order valence-corrected chi connectivity index (χ2v) is 5.63. The summed E-state index contributed by atoms with van der Waals surface area (Å²) in [7, 11) is 0. The molecule has 5 heteroatoms. The van der Waals surface area contributed by atoms with Gasteiger partial charge in [-0.25, -0.2) is 4.98 Å². The normalized spacial score (nSPS) is 13.0. The second kappa shape index (κ2) is 5.67. The maximum atomic E-state index is 12.1. The molecule has 24 heavy (non-hydrogen) atoms. The van der Waals surface area contributed by atoms with E-state index in [1.54, 1.807) is 12.3 Å². The number of rotatable bonds is 2. The summed E-state index contributed by atoms with van der Waals surface area (Å²) in [6.45, 7) is 0.678. The van der Waals surface area contributed by atoms with Crippen LogP contribution in [-0.4, -0.2) is 22.0 Å². The monoisotopic (exact) mass is 314 g/mol. The highest BCUT2D eigenvalue weighted by atomic mass is 16.1. The van der Waals surface area contributed by atoms with E-state index in [0.29, 0.717) is 23.5 Å². The van der Waals surface area contributed by atoms with E-state index in [4.69, 9.17) is 0 Å². The summed E-state index contributed by atoms with van der Waals surface area (Å²) in [6.07, 6.45) is 4.38. The van der Waals surface area contributed by atoms with Crippen LogP contribution in [0.25, 0.3) is 17.1 Å². The van der Waals surface area contributed by atoms with Gasteiger partial charge in [0, 0.05) is 35.8 Å². The van der Waals surface area contributed by atoms with Gasteiger partial charge in [0.15, 0.2) is 0 Å². The molecule has 0 atom stereocenters. The molecule has 0 radical (unpaired) electrons. The van der Waals surface area contributed by atoms with Crippen molar-refractivity contribution in [3.63, 3.8) is 0 Å². The molecule has 1 aromatic heterocycles. The van der Waals surface area contributed by atoms with Gasteiger partial charge in [-0.1, -0.05) is 18.2 Å². The fourth-order valence-corrected chi connectivity index (χ4v) is 3.04. The van der Waals surface area contributed by atoms with Crippen molar-refractivity contribution in [3.8, 4) is 23.1 Å². The molecule has 4 rings (SSSR count). The third-order valence-corrected chi connectivity index (χ3v) is 4.23. The van der Waals surface area contributed by atoms with Crippen LogP contribution in [0.1, 0.15) is 21.5 Å². The number of fused-ring (bicyclic) bond motifs is 1. The summed E-state index contributed by atoms with van der Waals surface area (Å²) in [6, 6.07) is 15.4. The number of carbonyl (C=O) groups is 1. The molecular formula is C19H14N4O. The molecule has 1 amide bonds. The molecule has 0 aliphatic carbocycles. The Kier molecular flexibility index (Phi) is 3.36. The molecule has 1 aliphatic rings. The lowest BCUT2D eigenvalue weighted by atomic mass is 9.99. The molecule has 0 saturated carbocycles. The Bertz CT molecular complexity index is 981. The number of hydrogen-bond donors (Lipinski definition) is 1. The van der Waals surface area contributed by atoms with Crippen molar-refractivity contribution in [2.45, 2.75) is 6.42 Å². The van der Waals surface area contributed by atoms with Crippen LogP contribution in [0.4, 0.5) is 0 Å². The number of carbonyl (C=O) groups excluding carboxylic acids is 1. The van der Waals surface area contributed by atoms with Crippen LogP contribution in [-0.2, 0) is 6.42 Å². The summed E-state index contributed by atoms with van der Waals surface area (Å²) < 4.78 is 1.90. The van der Waals surface area contributed by atoms with Crippen molar-refractivity contribution < 1.29 is 4.79 Å². The fraction of sp³-hybridized carbons (Fsp3) is 0.105. The van der Waals surface area contributed by atoms with E-state index >= 15 is 0 Å². The summed E-state index contributed by atoms with van der Waals surface area (Å²) in [5.74, 6) is 0.639. The molecule has 116 valence electrons. The van der Waals surface area contributed by atoms with E-state index in [1.807, 2.05) is 47.2 Å². The minimum Gasteiger partial charge on any atom is -0.352 e. The van der Waals surface area contributed by atoms with Gasteiger partial charge in [0.05, 0.1) is 11.6 Å². The van der Waals surface area contributed by atoms with E-state index in [-0.39, 0.29) is 5.91 Å². The van der Waals surface area contributed by atoms with Gasteiger partial charge in [-0.3, -0.25) is 9.36 Å². The highest BCUT2D eigenvalue weighted by Crippen LogP contribution is 2.26. The predicted molar refractivity (Wildman–Crippen MR) is 89.8 cm³/mol. The maximum Gasteiger partial charge on any atom is 0.251 e. The lowest BCUT2D eigenvalue weighted by Gasteiger charge is -2.18. The summed E-state index contributed by atoms with van der Waals surface area (Å²) in [5.41, 5.74) is 3.95. The molecule has 5 nitrogen and oxygen atoms in total. The first-order valence-electron chi connectivity index (χ1n) is 7.72. The number of nitriles is 1. The number of aromatic nitrogens is 2. The first-order chi connectivity index (χ1) is 11.8. The molecule has 3 aromatic rings. The van der Waals surface area contributed by atoms with Gasteiger partial charge < -0.3 is 5.32 Å².